The van der Waals surface area contributed by atoms with Gasteiger partial charge in [-0.1, -0.05) is 6.92 Å². The minimum atomic E-state index is 0.330. The monoisotopic (exact) mass is 275 g/mol. The molecule has 0 aromatic carbocycles. The Bertz CT molecular complexity index is 553. The van der Waals surface area contributed by atoms with E-state index < -0.39 is 0 Å². The van der Waals surface area contributed by atoms with Crippen molar-refractivity contribution >= 4 is 5.95 Å². The van der Waals surface area contributed by atoms with Crippen LogP contribution in [0.3, 0.4) is 0 Å². The average Bonchev–Trinajstić information content (AvgIpc) is 3.14. The van der Waals surface area contributed by atoms with Gasteiger partial charge in [-0.25, -0.2) is 4.98 Å². The molecule has 0 spiro atoms. The van der Waals surface area contributed by atoms with Gasteiger partial charge in [-0.05, 0) is 25.2 Å². The maximum Gasteiger partial charge on any atom is 0.323 e. The maximum absolute atomic E-state index is 5.63. The number of rotatable bonds is 7. The molecule has 106 valence electrons. The van der Waals surface area contributed by atoms with E-state index >= 15 is 0 Å². The lowest BCUT2D eigenvalue weighted by Gasteiger charge is -2.08. The molecule has 0 bridgehead atoms. The summed E-state index contributed by atoms with van der Waals surface area (Å²) in [5.74, 6) is 1.55. The Morgan fingerprint density at radius 3 is 2.95 bits per heavy atom. The van der Waals surface area contributed by atoms with E-state index in [1.165, 1.54) is 23.9 Å². The van der Waals surface area contributed by atoms with E-state index in [1.54, 1.807) is 6.33 Å². The van der Waals surface area contributed by atoms with Crippen LogP contribution < -0.4 is 10.1 Å². The first-order valence-corrected chi connectivity index (χ1v) is 6.83. The highest BCUT2D eigenvalue weighted by atomic mass is 16.5. The smallest absolute Gasteiger partial charge is 0.323 e. The molecule has 0 saturated heterocycles. The number of aromatic nitrogens is 6. The predicted molar refractivity (Wildman–Crippen MR) is 71.7 cm³/mol. The van der Waals surface area contributed by atoms with Gasteiger partial charge < -0.3 is 10.1 Å². The van der Waals surface area contributed by atoms with Crippen molar-refractivity contribution in [3.63, 3.8) is 0 Å². The molecule has 1 saturated carbocycles. The van der Waals surface area contributed by atoms with E-state index in [0.717, 1.165) is 13.0 Å². The molecule has 8 nitrogen and oxygen atoms in total. The fourth-order valence-electron chi connectivity index (χ4n) is 1.62. The van der Waals surface area contributed by atoms with Crippen molar-refractivity contribution in [3.05, 3.63) is 12.7 Å². The lowest BCUT2D eigenvalue weighted by molar-refractivity contribution is 0.275. The largest absolute Gasteiger partial charge is 0.463 e. The van der Waals surface area contributed by atoms with Crippen LogP contribution in [0.25, 0.3) is 5.95 Å². The van der Waals surface area contributed by atoms with Crippen molar-refractivity contribution in [2.75, 3.05) is 18.5 Å². The minimum absolute atomic E-state index is 0.330. The third-order valence-corrected chi connectivity index (χ3v) is 2.90. The van der Waals surface area contributed by atoms with Gasteiger partial charge in [0.05, 0.1) is 6.61 Å². The van der Waals surface area contributed by atoms with Crippen LogP contribution in [0.5, 0.6) is 6.01 Å². The number of anilines is 1. The second-order valence-electron chi connectivity index (χ2n) is 4.76. The summed E-state index contributed by atoms with van der Waals surface area (Å²) < 4.78 is 7.11. The lowest BCUT2D eigenvalue weighted by Crippen LogP contribution is -2.12. The van der Waals surface area contributed by atoms with Crippen LogP contribution in [-0.2, 0) is 0 Å². The molecule has 2 aromatic rings. The predicted octanol–water partition coefficient (Wildman–Crippen LogP) is 1.06. The van der Waals surface area contributed by atoms with Crippen molar-refractivity contribution in [1.82, 2.24) is 29.7 Å². The Balaban J connectivity index is 1.81. The topological polar surface area (TPSA) is 90.6 Å². The van der Waals surface area contributed by atoms with Gasteiger partial charge in [-0.3, -0.25) is 0 Å². The van der Waals surface area contributed by atoms with Gasteiger partial charge in [0.2, 0.25) is 5.95 Å². The lowest BCUT2D eigenvalue weighted by atomic mass is 10.5. The van der Waals surface area contributed by atoms with E-state index in [9.17, 15) is 0 Å². The summed E-state index contributed by atoms with van der Waals surface area (Å²) in [6.45, 7) is 3.54. The van der Waals surface area contributed by atoms with Gasteiger partial charge in [0.25, 0.3) is 5.95 Å². The first-order chi connectivity index (χ1) is 9.85. The molecule has 1 N–H and O–H groups in total. The fourth-order valence-corrected chi connectivity index (χ4v) is 1.62. The summed E-state index contributed by atoms with van der Waals surface area (Å²) in [5, 5.41) is 7.16. The molecule has 2 aromatic heterocycles. The summed E-state index contributed by atoms with van der Waals surface area (Å²) >= 11 is 0. The fraction of sp³-hybridized carbons (Fsp3) is 0.583. The number of ether oxygens (including phenoxy) is 1. The van der Waals surface area contributed by atoms with Gasteiger partial charge >= 0.3 is 6.01 Å². The summed E-state index contributed by atoms with van der Waals surface area (Å²) in [4.78, 5) is 16.7. The Hall–Kier alpha value is -2.25. The van der Waals surface area contributed by atoms with Gasteiger partial charge in [0.15, 0.2) is 0 Å². The van der Waals surface area contributed by atoms with Crippen molar-refractivity contribution in [2.45, 2.75) is 26.2 Å². The van der Waals surface area contributed by atoms with Crippen molar-refractivity contribution in [1.29, 1.82) is 0 Å². The molecular formula is C12H17N7O. The van der Waals surface area contributed by atoms with Crippen LogP contribution in [-0.4, -0.2) is 42.9 Å². The maximum atomic E-state index is 5.63. The Morgan fingerprint density at radius 2 is 2.25 bits per heavy atom. The SMILES string of the molecule is CCCNc1nc(OCC2CC2)nc(-n2cncn2)n1. The van der Waals surface area contributed by atoms with Gasteiger partial charge in [0, 0.05) is 6.54 Å². The van der Waals surface area contributed by atoms with Gasteiger partial charge in [-0.2, -0.15) is 24.7 Å². The standard InChI is InChI=1S/C12H17N7O/c1-2-5-14-10-16-11(19-8-13-7-15-19)18-12(17-10)20-6-9-3-4-9/h7-9H,2-6H2,1H3,(H,14,16,17,18). The first kappa shape index (κ1) is 12.8. The summed E-state index contributed by atoms with van der Waals surface area (Å²) in [7, 11) is 0. The number of nitrogens with one attached hydrogen (secondary N) is 1. The highest BCUT2D eigenvalue weighted by Crippen LogP contribution is 2.29. The number of hydrogen-bond donors (Lipinski definition) is 1. The van der Waals surface area contributed by atoms with Gasteiger partial charge in [0.1, 0.15) is 12.7 Å². The molecular weight excluding hydrogens is 258 g/mol. The molecule has 20 heavy (non-hydrogen) atoms. The van der Waals surface area contributed by atoms with Crippen LogP contribution >= 0.6 is 0 Å². The third-order valence-electron chi connectivity index (χ3n) is 2.90. The van der Waals surface area contributed by atoms with Crippen molar-refractivity contribution in [2.24, 2.45) is 5.92 Å². The second kappa shape index (κ2) is 5.81. The molecule has 1 fully saturated rings. The molecule has 0 unspecified atom stereocenters. The number of hydrogen-bond acceptors (Lipinski definition) is 7. The Morgan fingerprint density at radius 1 is 1.35 bits per heavy atom. The average molecular weight is 275 g/mol. The van der Waals surface area contributed by atoms with E-state index in [-0.39, 0.29) is 0 Å². The Labute approximate surface area is 116 Å². The molecule has 3 rings (SSSR count). The minimum Gasteiger partial charge on any atom is -0.463 e. The normalized spacial score (nSPS) is 14.2. The molecule has 0 amide bonds. The molecule has 8 heteroatoms. The Kier molecular flexibility index (Phi) is 3.71. The third kappa shape index (κ3) is 3.19. The van der Waals surface area contributed by atoms with Gasteiger partial charge in [-0.15, -0.1) is 0 Å². The van der Waals surface area contributed by atoms with Crippen molar-refractivity contribution in [3.8, 4) is 12.0 Å². The zero-order valence-electron chi connectivity index (χ0n) is 11.4. The van der Waals surface area contributed by atoms with Crippen LogP contribution in [0.4, 0.5) is 5.95 Å². The molecule has 0 aliphatic heterocycles. The van der Waals surface area contributed by atoms with E-state index in [1.807, 2.05) is 0 Å². The van der Waals surface area contributed by atoms with Crippen LogP contribution in [0.2, 0.25) is 0 Å². The second-order valence-corrected chi connectivity index (χ2v) is 4.76. The highest BCUT2D eigenvalue weighted by Gasteiger charge is 2.22. The van der Waals surface area contributed by atoms with E-state index in [2.05, 4.69) is 37.3 Å². The first-order valence-electron chi connectivity index (χ1n) is 6.83. The van der Waals surface area contributed by atoms with Crippen LogP contribution in [0.1, 0.15) is 26.2 Å². The molecule has 1 aliphatic rings. The van der Waals surface area contributed by atoms with Crippen LogP contribution in [0.15, 0.2) is 12.7 Å². The number of nitrogens with zero attached hydrogens (tertiary/aromatic N) is 6. The quantitative estimate of drug-likeness (QED) is 0.808. The highest BCUT2D eigenvalue weighted by molar-refractivity contribution is 5.29. The summed E-state index contributed by atoms with van der Waals surface area (Å²) in [6, 6.07) is 0.330. The van der Waals surface area contributed by atoms with E-state index in [4.69, 9.17) is 4.74 Å². The van der Waals surface area contributed by atoms with Crippen LogP contribution in [0, 0.1) is 5.92 Å². The zero-order chi connectivity index (χ0) is 13.8. The molecule has 2 heterocycles. The molecule has 1 aliphatic carbocycles. The summed E-state index contributed by atoms with van der Waals surface area (Å²) in [6.07, 6.45) is 6.42. The summed E-state index contributed by atoms with van der Waals surface area (Å²) in [5.41, 5.74) is 0. The van der Waals surface area contributed by atoms with Crippen molar-refractivity contribution < 1.29 is 4.74 Å². The van der Waals surface area contributed by atoms with E-state index in [0.29, 0.717) is 30.4 Å². The molecule has 0 radical (unpaired) electrons. The molecule has 0 atom stereocenters. The zero-order valence-corrected chi connectivity index (χ0v) is 11.4.